The van der Waals surface area contributed by atoms with Gasteiger partial charge in [0.25, 0.3) is 0 Å². The van der Waals surface area contributed by atoms with Crippen molar-refractivity contribution >= 4 is 12.4 Å². The highest BCUT2D eigenvalue weighted by Crippen LogP contribution is 2.36. The molecule has 2 atom stereocenters. The van der Waals surface area contributed by atoms with Crippen molar-refractivity contribution in [3.05, 3.63) is 0 Å². The molecule has 0 heterocycles. The molecule has 1 saturated carbocycles. The highest BCUT2D eigenvalue weighted by molar-refractivity contribution is 5.70. The van der Waals surface area contributed by atoms with Crippen LogP contribution in [0.1, 0.15) is 65.7 Å². The number of carbonyl (C=O) groups excluding carboxylic acids is 2. The van der Waals surface area contributed by atoms with Gasteiger partial charge in [-0.15, -0.1) is 0 Å². The van der Waals surface area contributed by atoms with E-state index < -0.39 is 0 Å². The van der Waals surface area contributed by atoms with Crippen LogP contribution in [0.5, 0.6) is 0 Å². The third-order valence-corrected chi connectivity index (χ3v) is 4.22. The SMILES string of the molecule is CCCC(=O)ON(C=O)C1C(CC)CCCC1CC. The summed E-state index contributed by atoms with van der Waals surface area (Å²) in [6.45, 7) is 6.22. The molecule has 0 aromatic rings. The molecule has 1 aliphatic carbocycles. The maximum Gasteiger partial charge on any atom is 0.332 e. The van der Waals surface area contributed by atoms with E-state index in [2.05, 4.69) is 13.8 Å². The second-order valence-electron chi connectivity index (χ2n) is 5.44. The Morgan fingerprint density at radius 1 is 1.21 bits per heavy atom. The molecule has 0 aromatic heterocycles. The first-order valence-electron chi connectivity index (χ1n) is 7.62. The monoisotopic (exact) mass is 269 g/mol. The molecule has 110 valence electrons. The molecule has 0 radical (unpaired) electrons. The first kappa shape index (κ1) is 16.0. The summed E-state index contributed by atoms with van der Waals surface area (Å²) in [6, 6.07) is 0.0575. The van der Waals surface area contributed by atoms with E-state index in [1.54, 1.807) is 0 Å². The van der Waals surface area contributed by atoms with E-state index in [0.29, 0.717) is 24.7 Å². The van der Waals surface area contributed by atoms with Crippen LogP contribution in [0.25, 0.3) is 0 Å². The summed E-state index contributed by atoms with van der Waals surface area (Å²) >= 11 is 0. The standard InChI is InChI=1S/C15H27NO3/c1-4-8-14(18)19-16(11-17)15-12(5-2)9-7-10-13(15)6-3/h11-13,15H,4-10H2,1-3H3. The fourth-order valence-electron chi connectivity index (χ4n) is 3.20. The first-order chi connectivity index (χ1) is 9.17. The summed E-state index contributed by atoms with van der Waals surface area (Å²) < 4.78 is 0. The fraction of sp³-hybridized carbons (Fsp3) is 0.867. The van der Waals surface area contributed by atoms with Gasteiger partial charge in [0.1, 0.15) is 0 Å². The molecular weight excluding hydrogens is 242 g/mol. The Balaban J connectivity index is 2.77. The quantitative estimate of drug-likeness (QED) is 0.526. The van der Waals surface area contributed by atoms with E-state index in [-0.39, 0.29) is 12.0 Å². The van der Waals surface area contributed by atoms with Crippen LogP contribution >= 0.6 is 0 Å². The molecule has 0 spiro atoms. The molecule has 1 fully saturated rings. The van der Waals surface area contributed by atoms with Crippen LogP contribution in [-0.4, -0.2) is 23.5 Å². The number of hydrogen-bond acceptors (Lipinski definition) is 3. The largest absolute Gasteiger partial charge is 0.338 e. The number of carbonyl (C=O) groups is 2. The van der Waals surface area contributed by atoms with E-state index in [1.165, 1.54) is 11.5 Å². The lowest BCUT2D eigenvalue weighted by atomic mass is 9.74. The van der Waals surface area contributed by atoms with Crippen LogP contribution in [0.15, 0.2) is 0 Å². The van der Waals surface area contributed by atoms with Crippen molar-refractivity contribution < 1.29 is 14.4 Å². The highest BCUT2D eigenvalue weighted by atomic mass is 16.7. The van der Waals surface area contributed by atoms with Crippen molar-refractivity contribution in [1.29, 1.82) is 0 Å². The zero-order valence-corrected chi connectivity index (χ0v) is 12.4. The van der Waals surface area contributed by atoms with Crippen LogP contribution < -0.4 is 0 Å². The number of hydrogen-bond donors (Lipinski definition) is 0. The molecule has 4 nitrogen and oxygen atoms in total. The Kier molecular flexibility index (Phi) is 6.89. The lowest BCUT2D eigenvalue weighted by Gasteiger charge is -2.41. The molecule has 0 aromatic carbocycles. The van der Waals surface area contributed by atoms with Crippen molar-refractivity contribution in [3.63, 3.8) is 0 Å². The van der Waals surface area contributed by atoms with Crippen LogP contribution in [0.4, 0.5) is 0 Å². The molecule has 4 heteroatoms. The van der Waals surface area contributed by atoms with Gasteiger partial charge in [-0.05, 0) is 31.1 Å². The van der Waals surface area contributed by atoms with Gasteiger partial charge in [-0.1, -0.05) is 40.0 Å². The Morgan fingerprint density at radius 3 is 2.21 bits per heavy atom. The Hall–Kier alpha value is -1.06. The highest BCUT2D eigenvalue weighted by Gasteiger charge is 2.37. The summed E-state index contributed by atoms with van der Waals surface area (Å²) in [5.74, 6) is 0.585. The second kappa shape index (κ2) is 8.18. The van der Waals surface area contributed by atoms with Gasteiger partial charge in [-0.2, -0.15) is 5.06 Å². The van der Waals surface area contributed by atoms with E-state index in [9.17, 15) is 9.59 Å². The Morgan fingerprint density at radius 2 is 1.79 bits per heavy atom. The minimum absolute atomic E-state index is 0.0575. The lowest BCUT2D eigenvalue weighted by Crippen LogP contribution is -2.47. The number of rotatable bonds is 7. The van der Waals surface area contributed by atoms with Crippen LogP contribution in [0.2, 0.25) is 0 Å². The van der Waals surface area contributed by atoms with Gasteiger partial charge in [-0.25, -0.2) is 4.79 Å². The number of nitrogens with zero attached hydrogens (tertiary/aromatic N) is 1. The first-order valence-corrected chi connectivity index (χ1v) is 7.62. The van der Waals surface area contributed by atoms with Gasteiger partial charge in [0, 0.05) is 6.42 Å². The minimum Gasteiger partial charge on any atom is -0.338 e. The Bertz CT molecular complexity index is 281. The topological polar surface area (TPSA) is 46.6 Å². The number of amides is 1. The molecule has 2 unspecified atom stereocenters. The Labute approximate surface area is 116 Å². The van der Waals surface area contributed by atoms with Gasteiger partial charge >= 0.3 is 5.97 Å². The molecule has 1 rings (SSSR count). The maximum absolute atomic E-state index is 11.6. The average molecular weight is 269 g/mol. The predicted molar refractivity (Wildman–Crippen MR) is 74.1 cm³/mol. The maximum atomic E-state index is 11.6. The van der Waals surface area contributed by atoms with E-state index in [0.717, 1.165) is 32.1 Å². The average Bonchev–Trinajstić information content (AvgIpc) is 2.44. The van der Waals surface area contributed by atoms with Crippen molar-refractivity contribution in [2.45, 2.75) is 71.8 Å². The minimum atomic E-state index is -0.301. The molecule has 0 saturated heterocycles. The van der Waals surface area contributed by atoms with Gasteiger partial charge in [-0.3, -0.25) is 4.79 Å². The number of hydroxylamine groups is 2. The second-order valence-corrected chi connectivity index (χ2v) is 5.44. The van der Waals surface area contributed by atoms with Crippen molar-refractivity contribution in [2.75, 3.05) is 0 Å². The van der Waals surface area contributed by atoms with E-state index in [4.69, 9.17) is 4.84 Å². The summed E-state index contributed by atoms with van der Waals surface area (Å²) in [7, 11) is 0. The van der Waals surface area contributed by atoms with Crippen molar-refractivity contribution in [2.24, 2.45) is 11.8 Å². The molecule has 0 bridgehead atoms. The van der Waals surface area contributed by atoms with Crippen LogP contribution in [0.3, 0.4) is 0 Å². The van der Waals surface area contributed by atoms with Gasteiger partial charge in [0.2, 0.25) is 6.41 Å². The van der Waals surface area contributed by atoms with Gasteiger partial charge in [0.15, 0.2) is 0 Å². The smallest absolute Gasteiger partial charge is 0.332 e. The zero-order chi connectivity index (χ0) is 14.3. The summed E-state index contributed by atoms with van der Waals surface area (Å²) in [5, 5.41) is 1.31. The third-order valence-electron chi connectivity index (χ3n) is 4.22. The summed E-state index contributed by atoms with van der Waals surface area (Å²) in [5.41, 5.74) is 0. The van der Waals surface area contributed by atoms with E-state index in [1.807, 2.05) is 6.92 Å². The molecule has 0 N–H and O–H groups in total. The molecule has 1 aliphatic rings. The molecule has 0 aliphatic heterocycles. The van der Waals surface area contributed by atoms with Crippen LogP contribution in [0, 0.1) is 11.8 Å². The van der Waals surface area contributed by atoms with Gasteiger partial charge in [0.05, 0.1) is 6.04 Å². The predicted octanol–water partition coefficient (Wildman–Crippen LogP) is 3.31. The lowest BCUT2D eigenvalue weighted by molar-refractivity contribution is -0.211. The third kappa shape index (κ3) is 4.22. The summed E-state index contributed by atoms with van der Waals surface area (Å²) in [4.78, 5) is 28.2. The fourth-order valence-corrected chi connectivity index (χ4v) is 3.20. The van der Waals surface area contributed by atoms with E-state index >= 15 is 0 Å². The van der Waals surface area contributed by atoms with Crippen LogP contribution in [-0.2, 0) is 14.4 Å². The molecule has 19 heavy (non-hydrogen) atoms. The zero-order valence-electron chi connectivity index (χ0n) is 12.4. The van der Waals surface area contributed by atoms with Crippen molar-refractivity contribution in [3.8, 4) is 0 Å². The molecular formula is C15H27NO3. The van der Waals surface area contributed by atoms with Crippen molar-refractivity contribution in [1.82, 2.24) is 5.06 Å². The summed E-state index contributed by atoms with van der Waals surface area (Å²) in [6.07, 6.45) is 7.29. The normalized spacial score (nSPS) is 26.8. The van der Waals surface area contributed by atoms with Gasteiger partial charge < -0.3 is 4.84 Å². The molecule has 1 amide bonds.